The first-order valence-electron chi connectivity index (χ1n) is 5.14. The molecule has 0 aromatic heterocycles. The van der Waals surface area contributed by atoms with Crippen LogP contribution in [0.3, 0.4) is 0 Å². The maximum Gasteiger partial charge on any atom is 0.303 e. The van der Waals surface area contributed by atoms with Gasteiger partial charge in [0.25, 0.3) is 10.1 Å². The SMILES string of the molecule is CC(=O)OC(C)(C)C=CC(C)(C)OS(C)(=O)=O. The van der Waals surface area contributed by atoms with Gasteiger partial charge < -0.3 is 4.74 Å². The van der Waals surface area contributed by atoms with E-state index in [4.69, 9.17) is 8.92 Å². The van der Waals surface area contributed by atoms with E-state index in [9.17, 15) is 13.2 Å². The topological polar surface area (TPSA) is 69.7 Å². The summed E-state index contributed by atoms with van der Waals surface area (Å²) in [7, 11) is -3.53. The molecule has 0 aromatic carbocycles. The highest BCUT2D eigenvalue weighted by Crippen LogP contribution is 2.18. The molecule has 17 heavy (non-hydrogen) atoms. The molecule has 5 nitrogen and oxygen atoms in total. The molecule has 6 heteroatoms. The molecule has 0 N–H and O–H groups in total. The molecule has 0 fully saturated rings. The van der Waals surface area contributed by atoms with E-state index >= 15 is 0 Å². The Balaban J connectivity index is 4.76. The van der Waals surface area contributed by atoms with E-state index in [1.54, 1.807) is 39.8 Å². The van der Waals surface area contributed by atoms with Crippen molar-refractivity contribution in [2.24, 2.45) is 0 Å². The number of hydrogen-bond donors (Lipinski definition) is 0. The van der Waals surface area contributed by atoms with Gasteiger partial charge >= 0.3 is 5.97 Å². The molecule has 0 aromatic rings. The maximum absolute atomic E-state index is 11.0. The summed E-state index contributed by atoms with van der Waals surface area (Å²) in [4.78, 5) is 10.8. The zero-order chi connectivity index (χ0) is 13.9. The summed E-state index contributed by atoms with van der Waals surface area (Å²) in [5, 5.41) is 0. The van der Waals surface area contributed by atoms with Crippen molar-refractivity contribution in [1.82, 2.24) is 0 Å². The van der Waals surface area contributed by atoms with Gasteiger partial charge in [0.2, 0.25) is 0 Å². The largest absolute Gasteiger partial charge is 0.456 e. The van der Waals surface area contributed by atoms with Gasteiger partial charge in [-0.3, -0.25) is 8.98 Å². The number of carbonyl (C=O) groups excluding carboxylic acids is 1. The molecular weight excluding hydrogens is 244 g/mol. The highest BCUT2D eigenvalue weighted by Gasteiger charge is 2.24. The van der Waals surface area contributed by atoms with Crippen LogP contribution in [-0.4, -0.2) is 31.8 Å². The minimum Gasteiger partial charge on any atom is -0.456 e. The predicted molar refractivity (Wildman–Crippen MR) is 65.0 cm³/mol. The van der Waals surface area contributed by atoms with Crippen LogP contribution in [0, 0.1) is 0 Å². The smallest absolute Gasteiger partial charge is 0.303 e. The lowest BCUT2D eigenvalue weighted by molar-refractivity contribution is -0.149. The number of carbonyl (C=O) groups is 1. The number of esters is 1. The standard InChI is InChI=1S/C11H20O5S/c1-9(12)15-10(2,3)7-8-11(4,5)16-17(6,13)14/h7-8H,1-6H3. The van der Waals surface area contributed by atoms with Crippen LogP contribution in [0.25, 0.3) is 0 Å². The van der Waals surface area contributed by atoms with E-state index in [-0.39, 0.29) is 0 Å². The van der Waals surface area contributed by atoms with Gasteiger partial charge in [0.1, 0.15) is 11.2 Å². The van der Waals surface area contributed by atoms with Gasteiger partial charge in [-0.05, 0) is 33.8 Å². The summed E-state index contributed by atoms with van der Waals surface area (Å²) in [6.45, 7) is 7.92. The third-order valence-electron chi connectivity index (χ3n) is 1.66. The minimum absolute atomic E-state index is 0.401. The van der Waals surface area contributed by atoms with Crippen molar-refractivity contribution in [2.75, 3.05) is 6.26 Å². The Morgan fingerprint density at radius 1 is 1.06 bits per heavy atom. The van der Waals surface area contributed by atoms with Crippen molar-refractivity contribution in [3.05, 3.63) is 12.2 Å². The van der Waals surface area contributed by atoms with Gasteiger partial charge in [0.15, 0.2) is 0 Å². The molecule has 0 saturated carbocycles. The molecular formula is C11H20O5S. The molecule has 0 spiro atoms. The van der Waals surface area contributed by atoms with E-state index in [2.05, 4.69) is 0 Å². The molecule has 0 aliphatic heterocycles. The molecule has 0 amide bonds. The fraction of sp³-hybridized carbons (Fsp3) is 0.727. The molecule has 0 rings (SSSR count). The van der Waals surface area contributed by atoms with Crippen molar-refractivity contribution in [1.29, 1.82) is 0 Å². The van der Waals surface area contributed by atoms with Gasteiger partial charge in [-0.25, -0.2) is 0 Å². The first kappa shape index (κ1) is 16.1. The Hall–Kier alpha value is -0.880. The first-order valence-corrected chi connectivity index (χ1v) is 6.95. The van der Waals surface area contributed by atoms with Crippen LogP contribution in [-0.2, 0) is 23.8 Å². The van der Waals surface area contributed by atoms with E-state index in [0.29, 0.717) is 0 Å². The average molecular weight is 264 g/mol. The van der Waals surface area contributed by atoms with E-state index < -0.39 is 27.3 Å². The average Bonchev–Trinajstić information content (AvgIpc) is 1.94. The lowest BCUT2D eigenvalue weighted by Gasteiger charge is -2.24. The summed E-state index contributed by atoms with van der Waals surface area (Å²) in [6, 6.07) is 0. The summed E-state index contributed by atoms with van der Waals surface area (Å²) < 4.78 is 31.9. The lowest BCUT2D eigenvalue weighted by atomic mass is 10.0. The number of rotatable bonds is 5. The van der Waals surface area contributed by atoms with Gasteiger partial charge in [-0.15, -0.1) is 0 Å². The predicted octanol–water partition coefficient (Wildman–Crippen LogP) is 1.64. The second-order valence-electron chi connectivity index (χ2n) is 4.92. The molecule has 0 aliphatic carbocycles. The van der Waals surface area contributed by atoms with Gasteiger partial charge in [0, 0.05) is 6.92 Å². The van der Waals surface area contributed by atoms with Gasteiger partial charge in [-0.1, -0.05) is 6.08 Å². The molecule has 100 valence electrons. The zero-order valence-corrected chi connectivity index (χ0v) is 11.9. The van der Waals surface area contributed by atoms with Crippen LogP contribution < -0.4 is 0 Å². The maximum atomic E-state index is 11.0. The van der Waals surface area contributed by atoms with Crippen molar-refractivity contribution < 1.29 is 22.1 Å². The molecule has 0 radical (unpaired) electrons. The molecule has 0 aliphatic rings. The zero-order valence-electron chi connectivity index (χ0n) is 11.1. The summed E-state index contributed by atoms with van der Waals surface area (Å²) in [6.07, 6.45) is 4.14. The van der Waals surface area contributed by atoms with Crippen LogP contribution in [0.4, 0.5) is 0 Å². The van der Waals surface area contributed by atoms with E-state index in [0.717, 1.165) is 6.26 Å². The lowest BCUT2D eigenvalue weighted by Crippen LogP contribution is -2.29. The Labute approximate surface area is 103 Å². The fourth-order valence-electron chi connectivity index (χ4n) is 1.22. The normalized spacial score (nSPS) is 14.0. The molecule has 0 unspecified atom stereocenters. The Bertz CT molecular complexity index is 404. The Morgan fingerprint density at radius 2 is 1.47 bits per heavy atom. The summed E-state index contributed by atoms with van der Waals surface area (Å²) >= 11 is 0. The first-order chi connectivity index (χ1) is 7.33. The van der Waals surface area contributed by atoms with E-state index in [1.807, 2.05) is 0 Å². The summed E-state index contributed by atoms with van der Waals surface area (Å²) in [5.74, 6) is -0.401. The van der Waals surface area contributed by atoms with Gasteiger partial charge in [-0.2, -0.15) is 8.42 Å². The van der Waals surface area contributed by atoms with Gasteiger partial charge in [0.05, 0.1) is 6.26 Å². The van der Waals surface area contributed by atoms with Crippen molar-refractivity contribution in [3.8, 4) is 0 Å². The van der Waals surface area contributed by atoms with Crippen LogP contribution >= 0.6 is 0 Å². The second kappa shape index (κ2) is 5.18. The second-order valence-corrected chi connectivity index (χ2v) is 6.50. The highest BCUT2D eigenvalue weighted by atomic mass is 32.2. The van der Waals surface area contributed by atoms with Crippen LogP contribution in [0.15, 0.2) is 12.2 Å². The fourth-order valence-corrected chi connectivity index (χ4v) is 2.06. The Kier molecular flexibility index (Phi) is 4.91. The monoisotopic (exact) mass is 264 g/mol. The molecule has 0 saturated heterocycles. The van der Waals surface area contributed by atoms with Crippen LogP contribution in [0.2, 0.25) is 0 Å². The third-order valence-corrected chi connectivity index (χ3v) is 2.39. The number of hydrogen-bond acceptors (Lipinski definition) is 5. The molecule has 0 heterocycles. The molecule has 0 atom stereocenters. The minimum atomic E-state index is -3.53. The number of ether oxygens (including phenoxy) is 1. The van der Waals surface area contributed by atoms with E-state index in [1.165, 1.54) is 6.92 Å². The van der Waals surface area contributed by atoms with Crippen LogP contribution in [0.1, 0.15) is 34.6 Å². The van der Waals surface area contributed by atoms with Crippen molar-refractivity contribution in [3.63, 3.8) is 0 Å². The summed E-state index contributed by atoms with van der Waals surface area (Å²) in [5.41, 5.74) is -1.78. The quantitative estimate of drug-likeness (QED) is 0.429. The van der Waals surface area contributed by atoms with Crippen molar-refractivity contribution in [2.45, 2.75) is 45.8 Å². The third kappa shape index (κ3) is 8.88. The Morgan fingerprint density at radius 3 is 1.82 bits per heavy atom. The molecule has 0 bridgehead atoms. The van der Waals surface area contributed by atoms with Crippen molar-refractivity contribution >= 4 is 16.1 Å². The van der Waals surface area contributed by atoms with Crippen LogP contribution in [0.5, 0.6) is 0 Å². The highest BCUT2D eigenvalue weighted by molar-refractivity contribution is 7.86.